The van der Waals surface area contributed by atoms with Crippen molar-refractivity contribution in [1.29, 1.82) is 0 Å². The minimum absolute atomic E-state index is 0.00625. The van der Waals surface area contributed by atoms with Gasteiger partial charge in [0.05, 0.1) is 5.56 Å². The van der Waals surface area contributed by atoms with E-state index >= 15 is 0 Å². The number of carbonyl (C=O) groups excluding carboxylic acids is 1. The fraction of sp³-hybridized carbons (Fsp3) is 0.500. The van der Waals surface area contributed by atoms with Gasteiger partial charge < -0.3 is 10.6 Å². The lowest BCUT2D eigenvalue weighted by molar-refractivity contribution is 0.0935. The highest BCUT2D eigenvalue weighted by Crippen LogP contribution is 2.17. The van der Waals surface area contributed by atoms with E-state index in [1.165, 1.54) is 0 Å². The van der Waals surface area contributed by atoms with Crippen LogP contribution in [0.25, 0.3) is 0 Å². The molecular formula is C14H22N2O. The molecule has 0 bridgehead atoms. The lowest BCUT2D eigenvalue weighted by atomic mass is 10.1. The normalized spacial score (nSPS) is 10.4. The van der Waals surface area contributed by atoms with Gasteiger partial charge in [-0.05, 0) is 31.9 Å². The lowest BCUT2D eigenvalue weighted by Crippen LogP contribution is -2.34. The molecule has 0 fully saturated rings. The van der Waals surface area contributed by atoms with Crippen LogP contribution in [0.1, 0.15) is 42.6 Å². The Morgan fingerprint density at radius 1 is 1.29 bits per heavy atom. The first-order valence-corrected chi connectivity index (χ1v) is 6.21. The molecule has 1 rings (SSSR count). The summed E-state index contributed by atoms with van der Waals surface area (Å²) in [6.45, 7) is 6.17. The van der Waals surface area contributed by atoms with Crippen molar-refractivity contribution in [3.63, 3.8) is 0 Å². The Bertz CT molecular complexity index is 384. The third-order valence-electron chi connectivity index (χ3n) is 3.01. The second-order valence-electron chi connectivity index (χ2n) is 4.29. The van der Waals surface area contributed by atoms with Gasteiger partial charge in [0.15, 0.2) is 0 Å². The van der Waals surface area contributed by atoms with Crippen LogP contribution >= 0.6 is 0 Å². The van der Waals surface area contributed by atoms with Gasteiger partial charge in [-0.3, -0.25) is 4.79 Å². The van der Waals surface area contributed by atoms with Crippen LogP contribution in [0.5, 0.6) is 0 Å². The molecule has 17 heavy (non-hydrogen) atoms. The van der Waals surface area contributed by atoms with Crippen molar-refractivity contribution in [1.82, 2.24) is 5.32 Å². The van der Waals surface area contributed by atoms with Gasteiger partial charge in [0.2, 0.25) is 0 Å². The highest BCUT2D eigenvalue weighted by Gasteiger charge is 2.13. The van der Waals surface area contributed by atoms with Gasteiger partial charge in [-0.1, -0.05) is 25.5 Å². The molecule has 0 aliphatic heterocycles. The second kappa shape index (κ2) is 6.28. The minimum Gasteiger partial charge on any atom is -0.387 e. The SMILES string of the molecule is CCC(CC)NC(=O)c1cc(C)ccc1NC. The van der Waals surface area contributed by atoms with E-state index in [4.69, 9.17) is 0 Å². The van der Waals surface area contributed by atoms with Crippen LogP contribution in [0.3, 0.4) is 0 Å². The van der Waals surface area contributed by atoms with E-state index in [0.29, 0.717) is 0 Å². The maximum atomic E-state index is 12.2. The molecule has 0 aliphatic carbocycles. The van der Waals surface area contributed by atoms with Crippen molar-refractivity contribution in [3.8, 4) is 0 Å². The molecule has 1 aromatic carbocycles. The maximum absolute atomic E-state index is 12.2. The zero-order valence-electron chi connectivity index (χ0n) is 11.1. The van der Waals surface area contributed by atoms with E-state index in [2.05, 4.69) is 24.5 Å². The van der Waals surface area contributed by atoms with Crippen LogP contribution in [0.15, 0.2) is 18.2 Å². The molecule has 94 valence electrons. The van der Waals surface area contributed by atoms with Crippen molar-refractivity contribution >= 4 is 11.6 Å². The number of benzene rings is 1. The van der Waals surface area contributed by atoms with Crippen LogP contribution in [0.4, 0.5) is 5.69 Å². The monoisotopic (exact) mass is 234 g/mol. The smallest absolute Gasteiger partial charge is 0.253 e. The van der Waals surface area contributed by atoms with Gasteiger partial charge in [0.25, 0.3) is 5.91 Å². The number of amides is 1. The van der Waals surface area contributed by atoms with Crippen molar-refractivity contribution in [2.45, 2.75) is 39.7 Å². The summed E-state index contributed by atoms with van der Waals surface area (Å²) in [6, 6.07) is 6.12. The van der Waals surface area contributed by atoms with Crippen LogP contribution in [0, 0.1) is 6.92 Å². The first-order valence-electron chi connectivity index (χ1n) is 6.21. The summed E-state index contributed by atoms with van der Waals surface area (Å²) < 4.78 is 0. The molecule has 1 aromatic rings. The highest BCUT2D eigenvalue weighted by atomic mass is 16.1. The Morgan fingerprint density at radius 3 is 2.47 bits per heavy atom. The van der Waals surface area contributed by atoms with Crippen LogP contribution in [-0.4, -0.2) is 19.0 Å². The minimum atomic E-state index is 0.00625. The molecular weight excluding hydrogens is 212 g/mol. The molecule has 1 amide bonds. The fourth-order valence-electron chi connectivity index (χ4n) is 1.82. The highest BCUT2D eigenvalue weighted by molar-refractivity contribution is 5.99. The van der Waals surface area contributed by atoms with Crippen molar-refractivity contribution in [3.05, 3.63) is 29.3 Å². The Labute approximate surface area is 104 Å². The second-order valence-corrected chi connectivity index (χ2v) is 4.29. The summed E-state index contributed by atoms with van der Waals surface area (Å²) >= 11 is 0. The third kappa shape index (κ3) is 3.48. The number of anilines is 1. The molecule has 0 aromatic heterocycles. The summed E-state index contributed by atoms with van der Waals surface area (Å²) in [5.41, 5.74) is 2.69. The van der Waals surface area contributed by atoms with Crippen molar-refractivity contribution in [2.75, 3.05) is 12.4 Å². The number of hydrogen-bond acceptors (Lipinski definition) is 2. The predicted molar refractivity (Wildman–Crippen MR) is 72.6 cm³/mol. The van der Waals surface area contributed by atoms with E-state index in [1.807, 2.05) is 32.2 Å². The van der Waals surface area contributed by atoms with E-state index in [9.17, 15) is 4.79 Å². The Balaban J connectivity index is 2.90. The van der Waals surface area contributed by atoms with Crippen LogP contribution in [0.2, 0.25) is 0 Å². The van der Waals surface area contributed by atoms with E-state index in [1.54, 1.807) is 0 Å². The largest absolute Gasteiger partial charge is 0.387 e. The zero-order valence-corrected chi connectivity index (χ0v) is 11.1. The van der Waals surface area contributed by atoms with Crippen LogP contribution in [-0.2, 0) is 0 Å². The molecule has 0 atom stereocenters. The summed E-state index contributed by atoms with van der Waals surface area (Å²) in [6.07, 6.45) is 1.92. The standard InChI is InChI=1S/C14H22N2O/c1-5-11(6-2)16-14(17)12-9-10(3)7-8-13(12)15-4/h7-9,11,15H,5-6H2,1-4H3,(H,16,17). The van der Waals surface area contributed by atoms with Gasteiger partial charge in [0.1, 0.15) is 0 Å². The first-order chi connectivity index (χ1) is 8.12. The van der Waals surface area contributed by atoms with Gasteiger partial charge in [0, 0.05) is 18.8 Å². The molecule has 3 nitrogen and oxygen atoms in total. The first kappa shape index (κ1) is 13.6. The average Bonchev–Trinajstić information content (AvgIpc) is 2.35. The van der Waals surface area contributed by atoms with Gasteiger partial charge in [-0.15, -0.1) is 0 Å². The van der Waals surface area contributed by atoms with Crippen molar-refractivity contribution in [2.24, 2.45) is 0 Å². The number of rotatable bonds is 5. The molecule has 3 heteroatoms. The third-order valence-corrected chi connectivity index (χ3v) is 3.01. The summed E-state index contributed by atoms with van der Waals surface area (Å²) in [5, 5.41) is 6.11. The number of aryl methyl sites for hydroxylation is 1. The number of carbonyl (C=O) groups is 1. The maximum Gasteiger partial charge on any atom is 0.253 e. The summed E-state index contributed by atoms with van der Waals surface area (Å²) in [5.74, 6) is 0.00625. The molecule has 0 saturated carbocycles. The lowest BCUT2D eigenvalue weighted by Gasteiger charge is -2.16. The molecule has 2 N–H and O–H groups in total. The number of nitrogens with one attached hydrogen (secondary N) is 2. The average molecular weight is 234 g/mol. The molecule has 0 spiro atoms. The van der Waals surface area contributed by atoms with E-state index in [-0.39, 0.29) is 11.9 Å². The Hall–Kier alpha value is -1.51. The quantitative estimate of drug-likeness (QED) is 0.822. The molecule has 0 saturated heterocycles. The summed E-state index contributed by atoms with van der Waals surface area (Å²) in [4.78, 5) is 12.2. The Morgan fingerprint density at radius 2 is 1.94 bits per heavy atom. The molecule has 0 aliphatic rings. The molecule has 0 radical (unpaired) electrons. The summed E-state index contributed by atoms with van der Waals surface area (Å²) in [7, 11) is 1.83. The van der Waals surface area contributed by atoms with Gasteiger partial charge in [-0.25, -0.2) is 0 Å². The van der Waals surface area contributed by atoms with Gasteiger partial charge >= 0.3 is 0 Å². The molecule has 0 heterocycles. The van der Waals surface area contributed by atoms with Crippen molar-refractivity contribution < 1.29 is 4.79 Å². The number of hydrogen-bond donors (Lipinski definition) is 2. The molecule has 0 unspecified atom stereocenters. The zero-order chi connectivity index (χ0) is 12.8. The Kier molecular flexibility index (Phi) is 5.01. The van der Waals surface area contributed by atoms with E-state index < -0.39 is 0 Å². The van der Waals surface area contributed by atoms with Crippen LogP contribution < -0.4 is 10.6 Å². The predicted octanol–water partition coefficient (Wildman–Crippen LogP) is 2.96. The van der Waals surface area contributed by atoms with E-state index in [0.717, 1.165) is 29.7 Å². The van der Waals surface area contributed by atoms with Gasteiger partial charge in [-0.2, -0.15) is 0 Å². The topological polar surface area (TPSA) is 41.1 Å². The fourth-order valence-corrected chi connectivity index (χ4v) is 1.82.